The van der Waals surface area contributed by atoms with Crippen LogP contribution in [-0.4, -0.2) is 28.4 Å². The summed E-state index contributed by atoms with van der Waals surface area (Å²) in [5.41, 5.74) is 2.20. The van der Waals surface area contributed by atoms with Crippen LogP contribution in [0.2, 0.25) is 10.0 Å². The molecule has 31 heavy (non-hydrogen) atoms. The maximum atomic E-state index is 12.5. The first kappa shape index (κ1) is 21.8. The number of hydrogen-bond donors (Lipinski definition) is 0. The van der Waals surface area contributed by atoms with Gasteiger partial charge in [-0.3, -0.25) is 4.18 Å². The third-order valence-corrected chi connectivity index (χ3v) is 6.40. The molecule has 0 bridgehead atoms. The van der Waals surface area contributed by atoms with Gasteiger partial charge in [0.1, 0.15) is 12.4 Å². The molecule has 0 spiro atoms. The monoisotopic (exact) mass is 480 g/mol. The molecule has 3 aromatic rings. The first-order valence-electron chi connectivity index (χ1n) is 9.24. The lowest BCUT2D eigenvalue weighted by Gasteiger charge is -2.13. The second kappa shape index (κ2) is 8.59. The third-order valence-electron chi connectivity index (χ3n) is 4.65. The summed E-state index contributed by atoms with van der Waals surface area (Å²) >= 11 is 12.4. The van der Waals surface area contributed by atoms with E-state index in [1.807, 2.05) is 6.92 Å². The second-order valence-electron chi connectivity index (χ2n) is 6.84. The van der Waals surface area contributed by atoms with Gasteiger partial charge in [-0.05, 0) is 43.3 Å². The van der Waals surface area contributed by atoms with Gasteiger partial charge in [0.2, 0.25) is 0 Å². The Hall–Kier alpha value is -2.45. The van der Waals surface area contributed by atoms with Gasteiger partial charge < -0.3 is 14.2 Å². The maximum absolute atomic E-state index is 12.5. The summed E-state index contributed by atoms with van der Waals surface area (Å²) in [5, 5.41) is 0.917. The molecule has 0 saturated heterocycles. The molecule has 4 rings (SSSR count). The second-order valence-corrected chi connectivity index (χ2v) is 9.33. The Bertz CT molecular complexity index is 1230. The lowest BCUT2D eigenvalue weighted by molar-refractivity contribution is 0.00992. The van der Waals surface area contributed by atoms with Gasteiger partial charge in [0.25, 0.3) is 16.4 Å². The average molecular weight is 481 g/mol. The minimum atomic E-state index is -3.96. The van der Waals surface area contributed by atoms with Crippen LogP contribution in [0.1, 0.15) is 5.56 Å². The number of ether oxygens (including phenoxy) is 3. The summed E-state index contributed by atoms with van der Waals surface area (Å²) in [6.45, 7) is 1.53. The molecule has 0 amide bonds. The molecule has 0 N–H and O–H groups in total. The largest absolute Gasteiger partial charge is 0.496 e. The highest BCUT2D eigenvalue weighted by Crippen LogP contribution is 2.48. The minimum Gasteiger partial charge on any atom is -0.496 e. The summed E-state index contributed by atoms with van der Waals surface area (Å²) in [7, 11) is -2.42. The molecule has 1 heterocycles. The van der Waals surface area contributed by atoms with E-state index in [2.05, 4.69) is 0 Å². The van der Waals surface area contributed by atoms with Gasteiger partial charge in [0, 0.05) is 27.2 Å². The average Bonchev–Trinajstić information content (AvgIpc) is 3.15. The molecule has 6 nitrogen and oxygen atoms in total. The van der Waals surface area contributed by atoms with Crippen LogP contribution in [0.25, 0.3) is 11.1 Å². The van der Waals surface area contributed by atoms with E-state index in [9.17, 15) is 8.42 Å². The smallest absolute Gasteiger partial charge is 0.297 e. The summed E-state index contributed by atoms with van der Waals surface area (Å²) in [5.74, 6) is 1.33. The van der Waals surface area contributed by atoms with E-state index in [0.717, 1.165) is 5.56 Å². The molecule has 0 aromatic heterocycles. The van der Waals surface area contributed by atoms with E-state index in [0.29, 0.717) is 38.4 Å². The van der Waals surface area contributed by atoms with Crippen molar-refractivity contribution < 1.29 is 26.8 Å². The molecule has 0 aliphatic carbocycles. The third kappa shape index (κ3) is 4.60. The molecular formula is C22H18Cl2O6S. The fourth-order valence-corrected chi connectivity index (χ4v) is 4.43. The number of methoxy groups -OCH3 is 1. The van der Waals surface area contributed by atoms with Crippen molar-refractivity contribution in [2.45, 2.75) is 18.1 Å². The van der Waals surface area contributed by atoms with Crippen LogP contribution in [0.4, 0.5) is 0 Å². The zero-order chi connectivity index (χ0) is 22.2. The lowest BCUT2D eigenvalue weighted by Crippen LogP contribution is -2.26. The van der Waals surface area contributed by atoms with Crippen LogP contribution < -0.4 is 14.2 Å². The zero-order valence-electron chi connectivity index (χ0n) is 16.6. The van der Waals surface area contributed by atoms with E-state index in [1.165, 1.54) is 12.1 Å². The quantitative estimate of drug-likeness (QED) is 0.435. The Morgan fingerprint density at radius 3 is 2.35 bits per heavy atom. The molecule has 1 aliphatic rings. The molecule has 0 saturated carbocycles. The fraction of sp³-hybridized carbons (Fsp3) is 0.182. The van der Waals surface area contributed by atoms with E-state index in [1.54, 1.807) is 49.6 Å². The normalized spacial score (nSPS) is 15.2. The predicted molar refractivity (Wildman–Crippen MR) is 118 cm³/mol. The van der Waals surface area contributed by atoms with Crippen molar-refractivity contribution in [1.82, 2.24) is 0 Å². The Morgan fingerprint density at radius 1 is 0.935 bits per heavy atom. The van der Waals surface area contributed by atoms with Crippen LogP contribution in [0.15, 0.2) is 59.5 Å². The molecule has 9 heteroatoms. The fourth-order valence-electron chi connectivity index (χ4n) is 3.15. The maximum Gasteiger partial charge on any atom is 0.297 e. The van der Waals surface area contributed by atoms with Crippen LogP contribution in [0, 0.1) is 6.92 Å². The van der Waals surface area contributed by atoms with Crippen LogP contribution in [-0.2, 0) is 14.3 Å². The van der Waals surface area contributed by atoms with Crippen LogP contribution in [0.5, 0.6) is 17.2 Å². The van der Waals surface area contributed by atoms with Crippen molar-refractivity contribution in [1.29, 1.82) is 0 Å². The van der Waals surface area contributed by atoms with E-state index in [-0.39, 0.29) is 11.5 Å². The summed E-state index contributed by atoms with van der Waals surface area (Å²) in [6, 6.07) is 14.8. The highest BCUT2D eigenvalue weighted by molar-refractivity contribution is 7.86. The van der Waals surface area contributed by atoms with Crippen molar-refractivity contribution in [3.8, 4) is 28.4 Å². The van der Waals surface area contributed by atoms with E-state index in [4.69, 9.17) is 41.6 Å². The van der Waals surface area contributed by atoms with Crippen molar-refractivity contribution >= 4 is 33.3 Å². The molecule has 162 valence electrons. The van der Waals surface area contributed by atoms with Crippen molar-refractivity contribution in [3.63, 3.8) is 0 Å². The van der Waals surface area contributed by atoms with E-state index >= 15 is 0 Å². The number of halogens is 2. The Labute approximate surface area is 190 Å². The molecule has 1 aliphatic heterocycles. The van der Waals surface area contributed by atoms with Crippen LogP contribution in [0.3, 0.4) is 0 Å². The Balaban J connectivity index is 1.58. The molecular weight excluding hydrogens is 463 g/mol. The lowest BCUT2D eigenvalue weighted by atomic mass is 10.0. The standard InChI is InChI=1S/C22H18Cl2O6S/c1-13-3-6-16(7-4-13)31(25,26)28-12-21-29-20-11-15(24)10-18(22(20)30-21)17-9-14(23)5-8-19(17)27-2/h3-11,21H,12H2,1-2H3. The van der Waals surface area contributed by atoms with Gasteiger partial charge in [-0.25, -0.2) is 0 Å². The van der Waals surface area contributed by atoms with Gasteiger partial charge in [0.05, 0.1) is 12.0 Å². The number of rotatable bonds is 6. The van der Waals surface area contributed by atoms with Crippen LogP contribution >= 0.6 is 23.2 Å². The van der Waals surface area contributed by atoms with Gasteiger partial charge in [0.15, 0.2) is 11.5 Å². The molecule has 1 atom stereocenters. The number of fused-ring (bicyclic) bond motifs is 1. The number of hydrogen-bond acceptors (Lipinski definition) is 6. The molecule has 0 radical (unpaired) electrons. The van der Waals surface area contributed by atoms with Crippen molar-refractivity contribution in [2.24, 2.45) is 0 Å². The first-order valence-corrected chi connectivity index (χ1v) is 11.4. The van der Waals surface area contributed by atoms with Gasteiger partial charge in [-0.1, -0.05) is 40.9 Å². The topological polar surface area (TPSA) is 71.1 Å². The van der Waals surface area contributed by atoms with E-state index < -0.39 is 16.4 Å². The molecule has 3 aromatic carbocycles. The van der Waals surface area contributed by atoms with Gasteiger partial charge >= 0.3 is 0 Å². The zero-order valence-corrected chi connectivity index (χ0v) is 18.9. The predicted octanol–water partition coefficient (Wildman–Crippen LogP) is 5.48. The molecule has 1 unspecified atom stereocenters. The molecule has 0 fully saturated rings. The van der Waals surface area contributed by atoms with Gasteiger partial charge in [-0.15, -0.1) is 0 Å². The SMILES string of the molecule is COc1ccc(Cl)cc1-c1cc(Cl)cc2c1OC(COS(=O)(=O)c1ccc(C)cc1)O2. The van der Waals surface area contributed by atoms with Crippen molar-refractivity contribution in [2.75, 3.05) is 13.7 Å². The number of aryl methyl sites for hydroxylation is 1. The minimum absolute atomic E-state index is 0.0565. The van der Waals surface area contributed by atoms with Gasteiger partial charge in [-0.2, -0.15) is 8.42 Å². The summed E-state index contributed by atoms with van der Waals surface area (Å²) in [6.07, 6.45) is -0.974. The van der Waals surface area contributed by atoms with Crippen molar-refractivity contribution in [3.05, 3.63) is 70.2 Å². The Kier molecular flexibility index (Phi) is 6.03. The highest BCUT2D eigenvalue weighted by Gasteiger charge is 2.31. The first-order chi connectivity index (χ1) is 14.8. The number of benzene rings is 3. The summed E-state index contributed by atoms with van der Waals surface area (Å²) < 4.78 is 47.1. The highest BCUT2D eigenvalue weighted by atomic mass is 35.5. The summed E-state index contributed by atoms with van der Waals surface area (Å²) in [4.78, 5) is 0.0565. The Morgan fingerprint density at radius 2 is 1.65 bits per heavy atom.